The van der Waals surface area contributed by atoms with Crippen LogP contribution in [0.1, 0.15) is 35.5 Å². The number of likely N-dealkylation sites (tertiary alicyclic amines) is 1. The highest BCUT2D eigenvalue weighted by Gasteiger charge is 2.25. The molecule has 134 valence electrons. The van der Waals surface area contributed by atoms with E-state index in [0.29, 0.717) is 18.2 Å². The number of aliphatic hydroxyl groups is 1. The summed E-state index contributed by atoms with van der Waals surface area (Å²) in [6.07, 6.45) is 4.49. The van der Waals surface area contributed by atoms with E-state index in [2.05, 4.69) is 44.5 Å². The second-order valence-electron chi connectivity index (χ2n) is 6.83. The maximum Gasteiger partial charge on any atom is 0.102 e. The van der Waals surface area contributed by atoms with Gasteiger partial charge in [-0.25, -0.2) is 4.68 Å². The molecule has 1 N–H and O–H groups in total. The second kappa shape index (κ2) is 7.76. The Morgan fingerprint density at radius 1 is 1.12 bits per heavy atom. The van der Waals surface area contributed by atoms with E-state index < -0.39 is 6.10 Å². The zero-order valence-corrected chi connectivity index (χ0v) is 14.6. The number of hydrogen-bond donors (Lipinski definition) is 1. The molecule has 2 atom stereocenters. The molecule has 6 nitrogen and oxygen atoms in total. The van der Waals surface area contributed by atoms with E-state index in [1.807, 2.05) is 35.1 Å². The van der Waals surface area contributed by atoms with Crippen LogP contribution in [0, 0.1) is 0 Å². The lowest BCUT2D eigenvalue weighted by Crippen LogP contribution is -2.21. The first kappa shape index (κ1) is 16.9. The fourth-order valence-corrected chi connectivity index (χ4v) is 3.47. The molecule has 4 rings (SSSR count). The molecule has 1 fully saturated rings. The van der Waals surface area contributed by atoms with Crippen molar-refractivity contribution in [1.29, 1.82) is 0 Å². The normalized spacial score (nSPS) is 18.9. The minimum Gasteiger partial charge on any atom is -0.386 e. The van der Waals surface area contributed by atoms with Crippen LogP contribution in [-0.4, -0.2) is 43.1 Å². The molecule has 0 aliphatic carbocycles. The largest absolute Gasteiger partial charge is 0.386 e. The van der Waals surface area contributed by atoms with Crippen LogP contribution >= 0.6 is 0 Å². The summed E-state index contributed by atoms with van der Waals surface area (Å²) in [5, 5.41) is 18.8. The van der Waals surface area contributed by atoms with Crippen LogP contribution in [0.4, 0.5) is 0 Å². The van der Waals surface area contributed by atoms with Crippen LogP contribution in [0.2, 0.25) is 0 Å². The zero-order valence-electron chi connectivity index (χ0n) is 14.6. The summed E-state index contributed by atoms with van der Waals surface area (Å²) in [7, 11) is 0. The zero-order chi connectivity index (χ0) is 17.8. The van der Waals surface area contributed by atoms with E-state index in [-0.39, 0.29) is 0 Å². The molecule has 26 heavy (non-hydrogen) atoms. The Morgan fingerprint density at radius 3 is 2.77 bits per heavy atom. The molecular weight excluding hydrogens is 326 g/mol. The number of pyridine rings is 1. The molecule has 0 spiro atoms. The molecule has 3 aromatic rings. The molecular formula is C20H23N5O. The van der Waals surface area contributed by atoms with Gasteiger partial charge in [0.05, 0.1) is 17.4 Å². The first-order chi connectivity index (χ1) is 12.8. The van der Waals surface area contributed by atoms with Crippen molar-refractivity contribution < 1.29 is 5.11 Å². The van der Waals surface area contributed by atoms with E-state index in [4.69, 9.17) is 0 Å². The van der Waals surface area contributed by atoms with Gasteiger partial charge in [-0.3, -0.25) is 9.88 Å². The highest BCUT2D eigenvalue weighted by Crippen LogP contribution is 2.23. The van der Waals surface area contributed by atoms with Crippen molar-refractivity contribution in [1.82, 2.24) is 24.9 Å². The Hall–Kier alpha value is -2.57. The number of nitrogens with zero attached hydrogens (tertiary/aromatic N) is 5. The number of rotatable bonds is 6. The van der Waals surface area contributed by atoms with E-state index in [0.717, 1.165) is 31.7 Å². The lowest BCUT2D eigenvalue weighted by Gasteiger charge is -2.15. The summed E-state index contributed by atoms with van der Waals surface area (Å²) in [6, 6.07) is 16.4. The van der Waals surface area contributed by atoms with Gasteiger partial charge in [-0.15, -0.1) is 5.10 Å². The van der Waals surface area contributed by atoms with Crippen molar-refractivity contribution in [2.24, 2.45) is 0 Å². The summed E-state index contributed by atoms with van der Waals surface area (Å²) < 4.78 is 1.95. The average molecular weight is 349 g/mol. The average Bonchev–Trinajstić information content (AvgIpc) is 3.33. The first-order valence-electron chi connectivity index (χ1n) is 9.04. The topological polar surface area (TPSA) is 67.1 Å². The van der Waals surface area contributed by atoms with E-state index in [1.165, 1.54) is 5.56 Å². The van der Waals surface area contributed by atoms with Gasteiger partial charge in [0.2, 0.25) is 0 Å². The third kappa shape index (κ3) is 3.98. The Labute approximate surface area is 153 Å². The molecule has 2 aromatic heterocycles. The number of aromatic nitrogens is 4. The van der Waals surface area contributed by atoms with E-state index in [9.17, 15) is 5.11 Å². The molecule has 1 aliphatic rings. The van der Waals surface area contributed by atoms with Gasteiger partial charge in [0.15, 0.2) is 0 Å². The van der Waals surface area contributed by atoms with Crippen molar-refractivity contribution in [3.63, 3.8) is 0 Å². The Balaban J connectivity index is 1.35. The van der Waals surface area contributed by atoms with Gasteiger partial charge < -0.3 is 5.11 Å². The number of benzene rings is 1. The van der Waals surface area contributed by atoms with Gasteiger partial charge in [0, 0.05) is 38.4 Å². The molecule has 1 aliphatic heterocycles. The fourth-order valence-electron chi connectivity index (χ4n) is 3.47. The highest BCUT2D eigenvalue weighted by atomic mass is 16.3. The standard InChI is InChI=1S/C20H23N5O/c26-20(19-8-4-5-10-21-19)12-17-14-25(23-22-17)18-9-11-24(15-18)13-16-6-2-1-3-7-16/h1-8,10,14,18,20,26H,9,11-13,15H2. The Bertz CT molecular complexity index is 820. The van der Waals surface area contributed by atoms with Crippen molar-refractivity contribution in [2.75, 3.05) is 13.1 Å². The second-order valence-corrected chi connectivity index (χ2v) is 6.83. The molecule has 2 unspecified atom stereocenters. The summed E-state index contributed by atoms with van der Waals surface area (Å²) >= 11 is 0. The van der Waals surface area contributed by atoms with Crippen LogP contribution < -0.4 is 0 Å². The smallest absolute Gasteiger partial charge is 0.102 e. The van der Waals surface area contributed by atoms with Crippen LogP contribution in [0.3, 0.4) is 0 Å². The molecule has 0 amide bonds. The summed E-state index contributed by atoms with van der Waals surface area (Å²) in [6.45, 7) is 3.00. The number of hydrogen-bond acceptors (Lipinski definition) is 5. The predicted octanol–water partition coefficient (Wildman–Crippen LogP) is 2.40. The van der Waals surface area contributed by atoms with Crippen LogP contribution in [0.25, 0.3) is 0 Å². The number of aliphatic hydroxyl groups excluding tert-OH is 1. The molecule has 1 saturated heterocycles. The lowest BCUT2D eigenvalue weighted by molar-refractivity contribution is 0.172. The van der Waals surface area contributed by atoms with Crippen molar-refractivity contribution in [3.05, 3.63) is 77.9 Å². The van der Waals surface area contributed by atoms with Gasteiger partial charge in [-0.05, 0) is 24.1 Å². The molecule has 1 aromatic carbocycles. The van der Waals surface area contributed by atoms with Crippen molar-refractivity contribution in [3.8, 4) is 0 Å². The van der Waals surface area contributed by atoms with Crippen molar-refractivity contribution in [2.45, 2.75) is 31.5 Å². The molecule has 0 saturated carbocycles. The predicted molar refractivity (Wildman–Crippen MR) is 98.3 cm³/mol. The van der Waals surface area contributed by atoms with Crippen molar-refractivity contribution >= 4 is 0 Å². The van der Waals surface area contributed by atoms with Gasteiger partial charge in [-0.1, -0.05) is 41.6 Å². The molecule has 3 heterocycles. The maximum atomic E-state index is 10.3. The van der Waals surface area contributed by atoms with Crippen LogP contribution in [-0.2, 0) is 13.0 Å². The minimum atomic E-state index is -0.653. The maximum absolute atomic E-state index is 10.3. The van der Waals surface area contributed by atoms with E-state index >= 15 is 0 Å². The monoisotopic (exact) mass is 349 g/mol. The fraction of sp³-hybridized carbons (Fsp3) is 0.350. The van der Waals surface area contributed by atoms with Gasteiger partial charge in [-0.2, -0.15) is 0 Å². The van der Waals surface area contributed by atoms with E-state index in [1.54, 1.807) is 6.20 Å². The quantitative estimate of drug-likeness (QED) is 0.740. The molecule has 0 radical (unpaired) electrons. The first-order valence-corrected chi connectivity index (χ1v) is 9.04. The summed E-state index contributed by atoms with van der Waals surface area (Å²) in [5.41, 5.74) is 2.80. The summed E-state index contributed by atoms with van der Waals surface area (Å²) in [5.74, 6) is 0. The summed E-state index contributed by atoms with van der Waals surface area (Å²) in [4.78, 5) is 6.65. The lowest BCUT2D eigenvalue weighted by atomic mass is 10.1. The Kier molecular flexibility index (Phi) is 5.04. The SMILES string of the molecule is OC(Cc1cn(C2CCN(Cc3ccccc3)C2)nn1)c1ccccn1. The van der Waals surface area contributed by atoms with Crippen LogP contribution in [0.5, 0.6) is 0 Å². The third-order valence-electron chi connectivity index (χ3n) is 4.86. The minimum absolute atomic E-state index is 0.340. The highest BCUT2D eigenvalue weighted by molar-refractivity contribution is 5.15. The van der Waals surface area contributed by atoms with Gasteiger partial charge in [0.25, 0.3) is 0 Å². The third-order valence-corrected chi connectivity index (χ3v) is 4.86. The molecule has 0 bridgehead atoms. The Morgan fingerprint density at radius 2 is 1.96 bits per heavy atom. The van der Waals surface area contributed by atoms with Crippen LogP contribution in [0.15, 0.2) is 60.9 Å². The molecule has 6 heteroatoms. The van der Waals surface area contributed by atoms with Gasteiger partial charge >= 0.3 is 0 Å². The van der Waals surface area contributed by atoms with Gasteiger partial charge in [0.1, 0.15) is 6.10 Å².